The van der Waals surface area contributed by atoms with E-state index >= 15 is 0 Å². The van der Waals surface area contributed by atoms with E-state index in [1.807, 2.05) is 0 Å². The third-order valence-corrected chi connectivity index (χ3v) is 6.12. The molecule has 5 nitrogen and oxygen atoms in total. The molecule has 1 aliphatic rings. The van der Waals surface area contributed by atoms with Crippen LogP contribution in [0.2, 0.25) is 10.0 Å². The Hall–Kier alpha value is -0.530. The molecule has 0 N–H and O–H groups in total. The van der Waals surface area contributed by atoms with Gasteiger partial charge in [0.25, 0.3) is 0 Å². The summed E-state index contributed by atoms with van der Waals surface area (Å²) in [6.45, 7) is 2.98. The quantitative estimate of drug-likeness (QED) is 0.848. The van der Waals surface area contributed by atoms with Gasteiger partial charge in [0.1, 0.15) is 10.6 Å². The minimum atomic E-state index is -3.69. The van der Waals surface area contributed by atoms with Crippen molar-refractivity contribution in [3.63, 3.8) is 0 Å². The molecule has 0 aromatic heterocycles. The standard InChI is InChI=1S/C12H15Cl2NO4S/c1-8-11(14)10(18-2)7-9(13)12(8)20(16,17)15-3-5-19-6-4-15/h7H,3-6H2,1-2H3. The van der Waals surface area contributed by atoms with E-state index in [-0.39, 0.29) is 14.9 Å². The maximum Gasteiger partial charge on any atom is 0.245 e. The van der Waals surface area contributed by atoms with Gasteiger partial charge in [0.2, 0.25) is 10.0 Å². The van der Waals surface area contributed by atoms with Crippen molar-refractivity contribution in [2.75, 3.05) is 33.4 Å². The zero-order chi connectivity index (χ0) is 14.9. The second kappa shape index (κ2) is 6.07. The summed E-state index contributed by atoms with van der Waals surface area (Å²) in [5.41, 5.74) is 0.391. The Labute approximate surface area is 128 Å². The summed E-state index contributed by atoms with van der Waals surface area (Å²) in [5.74, 6) is 0.357. The lowest BCUT2D eigenvalue weighted by Gasteiger charge is -2.27. The molecule has 0 saturated carbocycles. The maximum atomic E-state index is 12.7. The molecule has 0 spiro atoms. The van der Waals surface area contributed by atoms with Crippen molar-refractivity contribution in [3.8, 4) is 5.75 Å². The minimum absolute atomic E-state index is 0.0341. The average molecular weight is 340 g/mol. The molecule has 0 atom stereocenters. The molecule has 0 unspecified atom stereocenters. The minimum Gasteiger partial charge on any atom is -0.495 e. The molecule has 1 saturated heterocycles. The Morgan fingerprint density at radius 1 is 1.30 bits per heavy atom. The molecule has 20 heavy (non-hydrogen) atoms. The van der Waals surface area contributed by atoms with Gasteiger partial charge >= 0.3 is 0 Å². The molecule has 1 aromatic rings. The average Bonchev–Trinajstić information content (AvgIpc) is 2.43. The van der Waals surface area contributed by atoms with E-state index in [4.69, 9.17) is 32.7 Å². The number of methoxy groups -OCH3 is 1. The maximum absolute atomic E-state index is 12.7. The molecular formula is C12H15Cl2NO4S. The smallest absolute Gasteiger partial charge is 0.245 e. The largest absolute Gasteiger partial charge is 0.495 e. The lowest BCUT2D eigenvalue weighted by atomic mass is 10.2. The van der Waals surface area contributed by atoms with Gasteiger partial charge < -0.3 is 9.47 Å². The third kappa shape index (κ3) is 2.76. The highest BCUT2D eigenvalue weighted by atomic mass is 35.5. The second-order valence-corrected chi connectivity index (χ2v) is 7.01. The predicted octanol–water partition coefficient (Wildman–Crippen LogP) is 2.33. The lowest BCUT2D eigenvalue weighted by molar-refractivity contribution is 0.0730. The van der Waals surface area contributed by atoms with E-state index in [1.165, 1.54) is 17.5 Å². The molecule has 0 radical (unpaired) electrons. The molecule has 1 aliphatic heterocycles. The highest BCUT2D eigenvalue weighted by Gasteiger charge is 2.31. The van der Waals surface area contributed by atoms with Crippen LogP contribution in [0.5, 0.6) is 5.75 Å². The first kappa shape index (κ1) is 15.9. The van der Waals surface area contributed by atoms with E-state index in [0.29, 0.717) is 37.6 Å². The summed E-state index contributed by atoms with van der Waals surface area (Å²) in [5, 5.41) is 0.360. The highest BCUT2D eigenvalue weighted by Crippen LogP contribution is 2.38. The van der Waals surface area contributed by atoms with Crippen LogP contribution in [-0.2, 0) is 14.8 Å². The summed E-state index contributed by atoms with van der Waals surface area (Å²) >= 11 is 12.2. The molecule has 2 rings (SSSR count). The topological polar surface area (TPSA) is 55.8 Å². The van der Waals surface area contributed by atoms with Crippen molar-refractivity contribution in [3.05, 3.63) is 21.7 Å². The van der Waals surface area contributed by atoms with Gasteiger partial charge in [-0.2, -0.15) is 4.31 Å². The van der Waals surface area contributed by atoms with E-state index in [0.717, 1.165) is 0 Å². The van der Waals surface area contributed by atoms with E-state index in [9.17, 15) is 8.42 Å². The van der Waals surface area contributed by atoms with Crippen LogP contribution in [0, 0.1) is 6.92 Å². The summed E-state index contributed by atoms with van der Waals surface area (Å²) < 4.78 is 36.9. The number of benzene rings is 1. The monoisotopic (exact) mass is 339 g/mol. The van der Waals surface area contributed by atoms with Gasteiger partial charge in [0, 0.05) is 19.2 Å². The van der Waals surface area contributed by atoms with Gasteiger partial charge in [0.05, 0.1) is 30.4 Å². The first-order valence-corrected chi connectivity index (χ1v) is 8.19. The van der Waals surface area contributed by atoms with Crippen molar-refractivity contribution in [1.29, 1.82) is 0 Å². The van der Waals surface area contributed by atoms with Crippen molar-refractivity contribution in [2.24, 2.45) is 0 Å². The van der Waals surface area contributed by atoms with Crippen molar-refractivity contribution in [2.45, 2.75) is 11.8 Å². The number of hydrogen-bond acceptors (Lipinski definition) is 4. The number of nitrogens with zero attached hydrogens (tertiary/aromatic N) is 1. The van der Waals surface area contributed by atoms with Crippen LogP contribution < -0.4 is 4.74 Å². The van der Waals surface area contributed by atoms with Gasteiger partial charge in [-0.05, 0) is 12.5 Å². The molecule has 0 bridgehead atoms. The normalized spacial score (nSPS) is 17.2. The van der Waals surface area contributed by atoms with Crippen LogP contribution >= 0.6 is 23.2 Å². The van der Waals surface area contributed by atoms with Crippen LogP contribution in [0.25, 0.3) is 0 Å². The van der Waals surface area contributed by atoms with Crippen LogP contribution in [0.15, 0.2) is 11.0 Å². The van der Waals surface area contributed by atoms with Crippen molar-refractivity contribution < 1.29 is 17.9 Å². The molecule has 0 aliphatic carbocycles. The highest BCUT2D eigenvalue weighted by molar-refractivity contribution is 7.89. The summed E-state index contributed by atoms with van der Waals surface area (Å²) in [6.07, 6.45) is 0. The first-order chi connectivity index (χ1) is 9.39. The molecule has 112 valence electrons. The number of morpholine rings is 1. The molecular weight excluding hydrogens is 325 g/mol. The van der Waals surface area contributed by atoms with Crippen LogP contribution in [0.1, 0.15) is 5.56 Å². The predicted molar refractivity (Wildman–Crippen MR) is 77.3 cm³/mol. The Morgan fingerprint density at radius 2 is 1.90 bits per heavy atom. The summed E-state index contributed by atoms with van der Waals surface area (Å²) in [4.78, 5) is 0.0341. The fourth-order valence-electron chi connectivity index (χ4n) is 2.09. The van der Waals surface area contributed by atoms with Crippen molar-refractivity contribution in [1.82, 2.24) is 4.31 Å². The molecule has 8 heteroatoms. The first-order valence-electron chi connectivity index (χ1n) is 6.00. The zero-order valence-corrected chi connectivity index (χ0v) is 13.5. The number of halogens is 2. The third-order valence-electron chi connectivity index (χ3n) is 3.15. The number of sulfonamides is 1. The number of ether oxygens (including phenoxy) is 2. The number of rotatable bonds is 3. The second-order valence-electron chi connectivity index (χ2n) is 4.35. The number of hydrogen-bond donors (Lipinski definition) is 0. The van der Waals surface area contributed by atoms with E-state index < -0.39 is 10.0 Å². The Kier molecular flexibility index (Phi) is 4.81. The van der Waals surface area contributed by atoms with Gasteiger partial charge in [-0.3, -0.25) is 0 Å². The zero-order valence-electron chi connectivity index (χ0n) is 11.2. The summed E-state index contributed by atoms with van der Waals surface area (Å²) in [6, 6.07) is 1.42. The Morgan fingerprint density at radius 3 is 2.45 bits per heavy atom. The Balaban J connectivity index is 2.54. The van der Waals surface area contributed by atoms with Gasteiger partial charge in [0.15, 0.2) is 0 Å². The van der Waals surface area contributed by atoms with Crippen LogP contribution in [-0.4, -0.2) is 46.1 Å². The SMILES string of the molecule is COc1cc(Cl)c(S(=O)(=O)N2CCOCC2)c(C)c1Cl. The fraction of sp³-hybridized carbons (Fsp3) is 0.500. The lowest BCUT2D eigenvalue weighted by Crippen LogP contribution is -2.41. The molecule has 1 heterocycles. The van der Waals surface area contributed by atoms with E-state index in [1.54, 1.807) is 6.92 Å². The molecule has 0 amide bonds. The van der Waals surface area contributed by atoms with Gasteiger partial charge in [-0.25, -0.2) is 8.42 Å². The van der Waals surface area contributed by atoms with Crippen LogP contribution in [0.4, 0.5) is 0 Å². The van der Waals surface area contributed by atoms with Crippen molar-refractivity contribution >= 4 is 33.2 Å². The Bertz CT molecular complexity index is 612. The summed E-state index contributed by atoms with van der Waals surface area (Å²) in [7, 11) is -2.24. The van der Waals surface area contributed by atoms with Gasteiger partial charge in [-0.15, -0.1) is 0 Å². The van der Waals surface area contributed by atoms with Gasteiger partial charge in [-0.1, -0.05) is 23.2 Å². The van der Waals surface area contributed by atoms with E-state index in [2.05, 4.69) is 0 Å². The van der Waals surface area contributed by atoms with Crippen LogP contribution in [0.3, 0.4) is 0 Å². The fourth-order valence-corrected chi connectivity index (χ4v) is 4.59. The molecule has 1 fully saturated rings. The molecule has 1 aromatic carbocycles.